The molecule has 21 heavy (non-hydrogen) atoms. The van der Waals surface area contributed by atoms with Gasteiger partial charge in [-0.25, -0.2) is 4.39 Å². The van der Waals surface area contributed by atoms with Crippen LogP contribution in [0.3, 0.4) is 0 Å². The lowest BCUT2D eigenvalue weighted by molar-refractivity contribution is 0.470. The molecule has 0 amide bonds. The van der Waals surface area contributed by atoms with E-state index in [1.165, 1.54) is 12.1 Å². The van der Waals surface area contributed by atoms with Crippen LogP contribution in [-0.4, -0.2) is 6.04 Å². The van der Waals surface area contributed by atoms with E-state index in [1.807, 2.05) is 18.2 Å². The van der Waals surface area contributed by atoms with E-state index in [2.05, 4.69) is 38.8 Å². The second kappa shape index (κ2) is 7.38. The Morgan fingerprint density at radius 2 is 1.86 bits per heavy atom. The summed E-state index contributed by atoms with van der Waals surface area (Å²) in [5.41, 5.74) is 7.10. The number of hydrogen-bond acceptors (Lipinski definition) is 2. The summed E-state index contributed by atoms with van der Waals surface area (Å²) in [4.78, 5) is 0. The standard InChI is InChI=1S/C16H16Br2FNO/c1-2-12(20)7-10-3-6-15(14(18)8-10)21-16-9-11(19)4-5-13(16)17/h3-6,8-9,12H,2,7,20H2,1H3. The Bertz CT molecular complexity index is 634. The summed E-state index contributed by atoms with van der Waals surface area (Å²) in [6.07, 6.45) is 1.76. The van der Waals surface area contributed by atoms with E-state index in [9.17, 15) is 4.39 Å². The Balaban J connectivity index is 2.19. The first-order chi connectivity index (χ1) is 9.99. The van der Waals surface area contributed by atoms with Crippen molar-refractivity contribution in [3.63, 3.8) is 0 Å². The Labute approximate surface area is 140 Å². The average Bonchev–Trinajstić information content (AvgIpc) is 2.45. The van der Waals surface area contributed by atoms with Crippen molar-refractivity contribution in [2.75, 3.05) is 0 Å². The molecule has 0 aliphatic rings. The topological polar surface area (TPSA) is 35.2 Å². The molecule has 5 heteroatoms. The highest BCUT2D eigenvalue weighted by molar-refractivity contribution is 9.11. The molecule has 2 aromatic carbocycles. The summed E-state index contributed by atoms with van der Waals surface area (Å²) >= 11 is 6.83. The molecule has 0 heterocycles. The molecule has 0 aliphatic heterocycles. The van der Waals surface area contributed by atoms with Crippen LogP contribution in [0.25, 0.3) is 0 Å². The van der Waals surface area contributed by atoms with E-state index in [0.29, 0.717) is 16.0 Å². The maximum Gasteiger partial charge on any atom is 0.144 e. The largest absolute Gasteiger partial charge is 0.455 e. The summed E-state index contributed by atoms with van der Waals surface area (Å²) in [6, 6.07) is 10.3. The summed E-state index contributed by atoms with van der Waals surface area (Å²) in [5.74, 6) is 0.735. The van der Waals surface area contributed by atoms with Gasteiger partial charge in [-0.2, -0.15) is 0 Å². The molecule has 1 atom stereocenters. The summed E-state index contributed by atoms with van der Waals surface area (Å²) in [5, 5.41) is 0. The molecule has 0 aromatic heterocycles. The Morgan fingerprint density at radius 3 is 2.52 bits per heavy atom. The van der Waals surface area contributed by atoms with Crippen LogP contribution in [0.4, 0.5) is 4.39 Å². The normalized spacial score (nSPS) is 12.2. The second-order valence-electron chi connectivity index (χ2n) is 4.81. The van der Waals surface area contributed by atoms with Crippen LogP contribution in [0.15, 0.2) is 45.3 Å². The lowest BCUT2D eigenvalue weighted by Gasteiger charge is -2.12. The van der Waals surface area contributed by atoms with Gasteiger partial charge < -0.3 is 10.5 Å². The van der Waals surface area contributed by atoms with E-state index in [-0.39, 0.29) is 11.9 Å². The van der Waals surface area contributed by atoms with Gasteiger partial charge in [0.15, 0.2) is 0 Å². The van der Waals surface area contributed by atoms with Gasteiger partial charge in [0.25, 0.3) is 0 Å². The predicted molar refractivity (Wildman–Crippen MR) is 90.3 cm³/mol. The number of halogens is 3. The number of benzene rings is 2. The number of hydrogen-bond donors (Lipinski definition) is 1. The third kappa shape index (κ3) is 4.53. The molecular weight excluding hydrogens is 401 g/mol. The van der Waals surface area contributed by atoms with Crippen LogP contribution in [0.5, 0.6) is 11.5 Å². The lowest BCUT2D eigenvalue weighted by Crippen LogP contribution is -2.21. The molecule has 2 rings (SSSR count). The molecule has 1 unspecified atom stereocenters. The van der Waals surface area contributed by atoms with Crippen LogP contribution in [0.1, 0.15) is 18.9 Å². The molecule has 0 saturated carbocycles. The van der Waals surface area contributed by atoms with Crippen LogP contribution >= 0.6 is 31.9 Å². The molecular formula is C16H16Br2FNO. The van der Waals surface area contributed by atoms with Gasteiger partial charge in [-0.3, -0.25) is 0 Å². The monoisotopic (exact) mass is 415 g/mol. The molecule has 112 valence electrons. The fraction of sp³-hybridized carbons (Fsp3) is 0.250. The van der Waals surface area contributed by atoms with Gasteiger partial charge in [-0.1, -0.05) is 13.0 Å². The third-order valence-electron chi connectivity index (χ3n) is 3.13. The summed E-state index contributed by atoms with van der Waals surface area (Å²) in [6.45, 7) is 2.07. The quantitative estimate of drug-likeness (QED) is 0.705. The van der Waals surface area contributed by atoms with Gasteiger partial charge in [0.05, 0.1) is 8.95 Å². The van der Waals surface area contributed by atoms with Crippen molar-refractivity contribution in [2.24, 2.45) is 5.73 Å². The highest BCUT2D eigenvalue weighted by Crippen LogP contribution is 2.34. The first kappa shape index (κ1) is 16.5. The van der Waals surface area contributed by atoms with Crippen molar-refractivity contribution < 1.29 is 9.13 Å². The zero-order chi connectivity index (χ0) is 15.4. The van der Waals surface area contributed by atoms with Crippen LogP contribution in [0.2, 0.25) is 0 Å². The second-order valence-corrected chi connectivity index (χ2v) is 6.52. The fourth-order valence-corrected chi connectivity index (χ4v) is 2.71. The van der Waals surface area contributed by atoms with Crippen molar-refractivity contribution in [1.82, 2.24) is 0 Å². The Kier molecular flexibility index (Phi) is 5.79. The zero-order valence-electron chi connectivity index (χ0n) is 11.6. The van der Waals surface area contributed by atoms with Gasteiger partial charge in [-0.05, 0) is 74.5 Å². The van der Waals surface area contributed by atoms with Crippen molar-refractivity contribution in [3.8, 4) is 11.5 Å². The average molecular weight is 417 g/mol. The first-order valence-corrected chi connectivity index (χ1v) is 8.25. The van der Waals surface area contributed by atoms with Gasteiger partial charge in [0.1, 0.15) is 17.3 Å². The molecule has 0 spiro atoms. The van der Waals surface area contributed by atoms with Gasteiger partial charge >= 0.3 is 0 Å². The molecule has 2 N–H and O–H groups in total. The highest BCUT2D eigenvalue weighted by Gasteiger charge is 2.09. The maximum absolute atomic E-state index is 13.3. The molecule has 0 aliphatic carbocycles. The number of nitrogens with two attached hydrogens (primary N) is 1. The Morgan fingerprint density at radius 1 is 1.10 bits per heavy atom. The maximum atomic E-state index is 13.3. The molecule has 2 aromatic rings. The molecule has 2 nitrogen and oxygen atoms in total. The molecule has 0 saturated heterocycles. The summed E-state index contributed by atoms with van der Waals surface area (Å²) < 4.78 is 20.5. The minimum atomic E-state index is -0.338. The minimum absolute atomic E-state index is 0.154. The van der Waals surface area contributed by atoms with E-state index in [1.54, 1.807) is 6.07 Å². The highest BCUT2D eigenvalue weighted by atomic mass is 79.9. The third-order valence-corrected chi connectivity index (χ3v) is 4.41. The predicted octanol–water partition coefficient (Wildman–Crippen LogP) is 5.42. The van der Waals surface area contributed by atoms with Crippen LogP contribution < -0.4 is 10.5 Å². The molecule has 0 fully saturated rings. The van der Waals surface area contributed by atoms with Crippen molar-refractivity contribution in [1.29, 1.82) is 0 Å². The number of rotatable bonds is 5. The zero-order valence-corrected chi connectivity index (χ0v) is 14.7. The summed E-state index contributed by atoms with van der Waals surface area (Å²) in [7, 11) is 0. The van der Waals surface area contributed by atoms with Crippen LogP contribution in [-0.2, 0) is 6.42 Å². The minimum Gasteiger partial charge on any atom is -0.455 e. The van der Waals surface area contributed by atoms with E-state index in [4.69, 9.17) is 10.5 Å². The first-order valence-electron chi connectivity index (χ1n) is 6.66. The molecule has 0 radical (unpaired) electrons. The van der Waals surface area contributed by atoms with Gasteiger partial charge in [0, 0.05) is 12.1 Å². The van der Waals surface area contributed by atoms with Gasteiger partial charge in [-0.15, -0.1) is 0 Å². The number of ether oxygens (including phenoxy) is 1. The SMILES string of the molecule is CCC(N)Cc1ccc(Oc2cc(F)ccc2Br)c(Br)c1. The Hall–Kier alpha value is -0.910. The van der Waals surface area contributed by atoms with Crippen molar-refractivity contribution in [2.45, 2.75) is 25.8 Å². The van der Waals surface area contributed by atoms with Crippen LogP contribution in [0, 0.1) is 5.82 Å². The van der Waals surface area contributed by atoms with E-state index < -0.39 is 0 Å². The van der Waals surface area contributed by atoms with E-state index in [0.717, 1.165) is 22.9 Å². The smallest absolute Gasteiger partial charge is 0.144 e. The van der Waals surface area contributed by atoms with Crippen molar-refractivity contribution >= 4 is 31.9 Å². The van der Waals surface area contributed by atoms with Gasteiger partial charge in [0.2, 0.25) is 0 Å². The van der Waals surface area contributed by atoms with E-state index >= 15 is 0 Å². The molecule has 0 bridgehead atoms. The van der Waals surface area contributed by atoms with Crippen molar-refractivity contribution in [3.05, 3.63) is 56.7 Å². The lowest BCUT2D eigenvalue weighted by atomic mass is 10.0. The fourth-order valence-electron chi connectivity index (χ4n) is 1.88.